The van der Waals surface area contributed by atoms with Gasteiger partial charge in [-0.15, -0.1) is 24.0 Å². The standard InChI is InChI=1S/C21H34F2N4O.HI/c1-4-20(18-9-8-17(22)16-19(18)23)26-11-13-27(14-12-26)21(24-3)25-10-6-7-15-28-5-2;/h8-9,16,20H,4-7,10-15H2,1-3H3,(H,24,25);1H. The number of ether oxygens (including phenoxy) is 1. The Kier molecular flexibility index (Phi) is 12.6. The van der Waals surface area contributed by atoms with Crippen LogP contribution in [-0.2, 0) is 4.74 Å². The molecule has 0 amide bonds. The number of hydrogen-bond acceptors (Lipinski definition) is 3. The van der Waals surface area contributed by atoms with E-state index in [4.69, 9.17) is 4.74 Å². The molecule has 5 nitrogen and oxygen atoms in total. The van der Waals surface area contributed by atoms with E-state index in [9.17, 15) is 8.78 Å². The molecule has 1 fully saturated rings. The molecule has 0 aliphatic carbocycles. The molecule has 0 bridgehead atoms. The molecule has 166 valence electrons. The molecular formula is C21H35F2IN4O. The first kappa shape index (κ1) is 26.0. The van der Waals surface area contributed by atoms with Crippen LogP contribution in [0.3, 0.4) is 0 Å². The average Bonchev–Trinajstić information content (AvgIpc) is 2.70. The van der Waals surface area contributed by atoms with Crippen molar-refractivity contribution in [2.45, 2.75) is 39.2 Å². The largest absolute Gasteiger partial charge is 0.382 e. The van der Waals surface area contributed by atoms with Gasteiger partial charge in [0.2, 0.25) is 0 Å². The van der Waals surface area contributed by atoms with E-state index >= 15 is 0 Å². The molecule has 0 radical (unpaired) electrons. The van der Waals surface area contributed by atoms with Gasteiger partial charge in [0, 0.05) is 70.7 Å². The number of guanidine groups is 1. The second kappa shape index (κ2) is 14.1. The number of aliphatic imine (C=N–C) groups is 1. The third kappa shape index (κ3) is 7.97. The summed E-state index contributed by atoms with van der Waals surface area (Å²) >= 11 is 0. The highest BCUT2D eigenvalue weighted by Crippen LogP contribution is 2.28. The van der Waals surface area contributed by atoms with Crippen LogP contribution in [0.5, 0.6) is 0 Å². The first-order chi connectivity index (χ1) is 13.6. The Morgan fingerprint density at radius 1 is 1.17 bits per heavy atom. The predicted octanol–water partition coefficient (Wildman–Crippen LogP) is 4.04. The zero-order chi connectivity index (χ0) is 20.4. The lowest BCUT2D eigenvalue weighted by Crippen LogP contribution is -2.53. The summed E-state index contributed by atoms with van der Waals surface area (Å²) in [5.74, 6) is -0.0760. The normalized spacial score (nSPS) is 16.4. The first-order valence-electron chi connectivity index (χ1n) is 10.3. The molecule has 1 heterocycles. The summed E-state index contributed by atoms with van der Waals surface area (Å²) in [6, 6.07) is 3.87. The quantitative estimate of drug-likeness (QED) is 0.229. The third-order valence-electron chi connectivity index (χ3n) is 5.18. The summed E-state index contributed by atoms with van der Waals surface area (Å²) < 4.78 is 32.8. The Morgan fingerprint density at radius 2 is 1.90 bits per heavy atom. The Bertz CT molecular complexity index is 625. The van der Waals surface area contributed by atoms with E-state index < -0.39 is 11.6 Å². The highest BCUT2D eigenvalue weighted by Gasteiger charge is 2.27. The molecule has 0 spiro atoms. The van der Waals surface area contributed by atoms with E-state index in [1.807, 2.05) is 13.8 Å². The van der Waals surface area contributed by atoms with Gasteiger partial charge in [-0.25, -0.2) is 8.78 Å². The molecule has 1 aliphatic heterocycles. The molecule has 1 aliphatic rings. The topological polar surface area (TPSA) is 40.1 Å². The molecule has 1 aromatic rings. The second-order valence-electron chi connectivity index (χ2n) is 6.99. The number of benzene rings is 1. The molecule has 0 aromatic heterocycles. The molecule has 2 rings (SSSR count). The lowest BCUT2D eigenvalue weighted by molar-refractivity contribution is 0.124. The van der Waals surface area contributed by atoms with Crippen molar-refractivity contribution >= 4 is 29.9 Å². The van der Waals surface area contributed by atoms with Gasteiger partial charge in [-0.3, -0.25) is 9.89 Å². The maximum absolute atomic E-state index is 14.2. The van der Waals surface area contributed by atoms with Crippen molar-refractivity contribution in [1.29, 1.82) is 0 Å². The monoisotopic (exact) mass is 524 g/mol. The molecule has 1 unspecified atom stereocenters. The summed E-state index contributed by atoms with van der Waals surface area (Å²) in [5, 5.41) is 3.42. The zero-order valence-electron chi connectivity index (χ0n) is 17.8. The molecular weight excluding hydrogens is 489 g/mol. The van der Waals surface area contributed by atoms with Gasteiger partial charge in [0.05, 0.1) is 0 Å². The fourth-order valence-corrected chi connectivity index (χ4v) is 3.70. The van der Waals surface area contributed by atoms with Crippen molar-refractivity contribution in [3.8, 4) is 0 Å². The minimum Gasteiger partial charge on any atom is -0.382 e. The van der Waals surface area contributed by atoms with Crippen molar-refractivity contribution in [3.63, 3.8) is 0 Å². The molecule has 1 aromatic carbocycles. The van der Waals surface area contributed by atoms with Gasteiger partial charge in [0.25, 0.3) is 0 Å². The molecule has 29 heavy (non-hydrogen) atoms. The van der Waals surface area contributed by atoms with Crippen LogP contribution in [0.4, 0.5) is 8.78 Å². The van der Waals surface area contributed by atoms with Crippen molar-refractivity contribution in [2.24, 2.45) is 4.99 Å². The molecule has 1 N–H and O–H groups in total. The number of piperazine rings is 1. The maximum Gasteiger partial charge on any atom is 0.193 e. The zero-order valence-corrected chi connectivity index (χ0v) is 20.1. The average molecular weight is 524 g/mol. The maximum atomic E-state index is 14.2. The van der Waals surface area contributed by atoms with Crippen LogP contribution in [-0.4, -0.2) is 68.7 Å². The molecule has 8 heteroatoms. The highest BCUT2D eigenvalue weighted by molar-refractivity contribution is 14.0. The van der Waals surface area contributed by atoms with Gasteiger partial charge in [-0.05, 0) is 32.3 Å². The first-order valence-corrected chi connectivity index (χ1v) is 10.3. The fourth-order valence-electron chi connectivity index (χ4n) is 3.70. The Balaban J connectivity index is 0.00000420. The number of halogens is 3. The van der Waals surface area contributed by atoms with Crippen molar-refractivity contribution in [1.82, 2.24) is 15.1 Å². The van der Waals surface area contributed by atoms with Gasteiger partial charge in [-0.2, -0.15) is 0 Å². The van der Waals surface area contributed by atoms with Gasteiger partial charge in [0.15, 0.2) is 5.96 Å². The summed E-state index contributed by atoms with van der Waals surface area (Å²) in [6.07, 6.45) is 2.86. The van der Waals surface area contributed by atoms with Crippen LogP contribution >= 0.6 is 24.0 Å². The van der Waals surface area contributed by atoms with Crippen molar-refractivity contribution in [3.05, 3.63) is 35.4 Å². The van der Waals surface area contributed by atoms with Crippen molar-refractivity contribution in [2.75, 3.05) is 53.0 Å². The summed E-state index contributed by atoms with van der Waals surface area (Å²) in [6.45, 7) is 9.79. The minimum atomic E-state index is -0.531. The van der Waals surface area contributed by atoms with Crippen LogP contribution in [0, 0.1) is 11.6 Å². The van der Waals surface area contributed by atoms with Crippen molar-refractivity contribution < 1.29 is 13.5 Å². The number of nitrogens with one attached hydrogen (secondary N) is 1. The van der Waals surface area contributed by atoms with Crippen LogP contribution < -0.4 is 5.32 Å². The summed E-state index contributed by atoms with van der Waals surface area (Å²) in [5.41, 5.74) is 0.578. The van der Waals surface area contributed by atoms with Gasteiger partial charge < -0.3 is 15.0 Å². The van der Waals surface area contributed by atoms with E-state index in [1.165, 1.54) is 6.07 Å². The fraction of sp³-hybridized carbons (Fsp3) is 0.667. The van der Waals surface area contributed by atoms with Gasteiger partial charge in [-0.1, -0.05) is 13.0 Å². The Morgan fingerprint density at radius 3 is 2.48 bits per heavy atom. The van der Waals surface area contributed by atoms with Crippen LogP contribution in [0.25, 0.3) is 0 Å². The van der Waals surface area contributed by atoms with E-state index in [-0.39, 0.29) is 30.0 Å². The number of hydrogen-bond donors (Lipinski definition) is 1. The van der Waals surface area contributed by atoms with Crippen LogP contribution in [0.15, 0.2) is 23.2 Å². The van der Waals surface area contributed by atoms with Gasteiger partial charge in [0.1, 0.15) is 11.6 Å². The second-order valence-corrected chi connectivity index (χ2v) is 6.99. The molecule has 0 saturated carbocycles. The van der Waals surface area contributed by atoms with E-state index in [0.717, 1.165) is 77.2 Å². The Hall–Kier alpha value is -1.00. The third-order valence-corrected chi connectivity index (χ3v) is 5.18. The number of unbranched alkanes of at least 4 members (excludes halogenated alkanes) is 1. The smallest absolute Gasteiger partial charge is 0.193 e. The van der Waals surface area contributed by atoms with E-state index in [2.05, 4.69) is 20.1 Å². The SMILES string of the molecule is CCOCCCCNC(=NC)N1CCN(C(CC)c2ccc(F)cc2F)CC1.I. The Labute approximate surface area is 190 Å². The predicted molar refractivity (Wildman–Crippen MR) is 125 cm³/mol. The molecule has 1 atom stereocenters. The van der Waals surface area contributed by atoms with Crippen LogP contribution in [0.1, 0.15) is 44.7 Å². The summed E-state index contributed by atoms with van der Waals surface area (Å²) in [4.78, 5) is 8.92. The van der Waals surface area contributed by atoms with E-state index in [0.29, 0.717) is 5.56 Å². The number of nitrogens with zero attached hydrogens (tertiary/aromatic N) is 3. The summed E-state index contributed by atoms with van der Waals surface area (Å²) in [7, 11) is 1.80. The lowest BCUT2D eigenvalue weighted by Gasteiger charge is -2.40. The minimum absolute atomic E-state index is 0. The van der Waals surface area contributed by atoms with Crippen LogP contribution in [0.2, 0.25) is 0 Å². The highest BCUT2D eigenvalue weighted by atomic mass is 127. The van der Waals surface area contributed by atoms with Gasteiger partial charge >= 0.3 is 0 Å². The lowest BCUT2D eigenvalue weighted by atomic mass is 10.0. The van der Waals surface area contributed by atoms with E-state index in [1.54, 1.807) is 13.1 Å². The molecule has 1 saturated heterocycles. The number of rotatable bonds is 9.